The van der Waals surface area contributed by atoms with Gasteiger partial charge in [0.15, 0.2) is 5.65 Å². The van der Waals surface area contributed by atoms with E-state index < -0.39 is 0 Å². The number of aromatic nitrogens is 4. The van der Waals surface area contributed by atoms with Gasteiger partial charge in [-0.15, -0.1) is 0 Å². The molecule has 0 aliphatic rings. The van der Waals surface area contributed by atoms with Crippen LogP contribution in [0.1, 0.15) is 27.3 Å². The number of hydrogen-bond acceptors (Lipinski definition) is 5. The predicted molar refractivity (Wildman–Crippen MR) is 89.9 cm³/mol. The first-order valence-corrected chi connectivity index (χ1v) is 7.57. The molecule has 0 aromatic carbocycles. The molecule has 0 saturated heterocycles. The average Bonchev–Trinajstić information content (AvgIpc) is 2.86. The van der Waals surface area contributed by atoms with E-state index in [4.69, 9.17) is 4.74 Å². The molecule has 0 unspecified atom stereocenters. The van der Waals surface area contributed by atoms with Gasteiger partial charge in [0.25, 0.3) is 5.91 Å². The summed E-state index contributed by atoms with van der Waals surface area (Å²) < 4.78 is 6.72. The molecular formula is C17H19N5O2. The van der Waals surface area contributed by atoms with Crippen molar-refractivity contribution in [3.8, 4) is 5.88 Å². The largest absolute Gasteiger partial charge is 0.481 e. The van der Waals surface area contributed by atoms with Gasteiger partial charge in [-0.1, -0.05) is 6.07 Å². The Morgan fingerprint density at radius 2 is 2.12 bits per heavy atom. The van der Waals surface area contributed by atoms with E-state index in [9.17, 15) is 4.79 Å². The van der Waals surface area contributed by atoms with Crippen molar-refractivity contribution in [2.45, 2.75) is 20.4 Å². The molecule has 0 radical (unpaired) electrons. The molecule has 124 valence electrons. The second kappa shape index (κ2) is 6.27. The number of rotatable bonds is 4. The lowest BCUT2D eigenvalue weighted by Gasteiger charge is -2.08. The highest BCUT2D eigenvalue weighted by Crippen LogP contribution is 2.21. The molecule has 3 heterocycles. The maximum Gasteiger partial charge on any atom is 0.252 e. The van der Waals surface area contributed by atoms with Crippen LogP contribution >= 0.6 is 0 Å². The quantitative estimate of drug-likeness (QED) is 0.792. The lowest BCUT2D eigenvalue weighted by molar-refractivity contribution is 0.0952. The average molecular weight is 325 g/mol. The van der Waals surface area contributed by atoms with Gasteiger partial charge in [0, 0.05) is 31.5 Å². The number of methoxy groups -OCH3 is 1. The van der Waals surface area contributed by atoms with Crippen molar-refractivity contribution in [1.29, 1.82) is 0 Å². The highest BCUT2D eigenvalue weighted by molar-refractivity contribution is 6.06. The monoisotopic (exact) mass is 325 g/mol. The summed E-state index contributed by atoms with van der Waals surface area (Å²) >= 11 is 0. The van der Waals surface area contributed by atoms with Crippen LogP contribution < -0.4 is 10.1 Å². The Labute approximate surface area is 139 Å². The minimum Gasteiger partial charge on any atom is -0.481 e. The van der Waals surface area contributed by atoms with Crippen molar-refractivity contribution >= 4 is 16.9 Å². The summed E-state index contributed by atoms with van der Waals surface area (Å²) in [7, 11) is 3.39. The third kappa shape index (κ3) is 2.92. The molecule has 0 bridgehead atoms. The van der Waals surface area contributed by atoms with Crippen LogP contribution in [0.5, 0.6) is 5.88 Å². The molecule has 0 saturated carbocycles. The Morgan fingerprint density at radius 3 is 2.79 bits per heavy atom. The minimum absolute atomic E-state index is 0.155. The Kier molecular flexibility index (Phi) is 4.16. The van der Waals surface area contributed by atoms with E-state index in [0.717, 1.165) is 22.3 Å². The normalized spacial score (nSPS) is 10.8. The fourth-order valence-corrected chi connectivity index (χ4v) is 2.66. The van der Waals surface area contributed by atoms with Crippen LogP contribution in [0.3, 0.4) is 0 Å². The fraction of sp³-hybridized carbons (Fsp3) is 0.294. The standard InChI is InChI=1S/C17H19N5O2/c1-10-7-13(15-11(2)21-22(3)16(15)20-10)17(23)19-9-12-5-6-14(24-4)18-8-12/h5-8H,9H2,1-4H3,(H,19,23). The maximum atomic E-state index is 12.6. The molecule has 1 N–H and O–H groups in total. The molecule has 0 aliphatic heterocycles. The van der Waals surface area contributed by atoms with Gasteiger partial charge < -0.3 is 10.1 Å². The molecule has 0 atom stereocenters. The number of nitrogens with one attached hydrogen (secondary N) is 1. The van der Waals surface area contributed by atoms with Gasteiger partial charge in [-0.25, -0.2) is 9.97 Å². The van der Waals surface area contributed by atoms with Crippen LogP contribution in [0.15, 0.2) is 24.4 Å². The van der Waals surface area contributed by atoms with Crippen LogP contribution in [0.2, 0.25) is 0 Å². The van der Waals surface area contributed by atoms with E-state index in [-0.39, 0.29) is 5.91 Å². The summed E-state index contributed by atoms with van der Waals surface area (Å²) in [5, 5.41) is 8.07. The van der Waals surface area contributed by atoms with Crippen LogP contribution in [0.25, 0.3) is 11.0 Å². The van der Waals surface area contributed by atoms with E-state index >= 15 is 0 Å². The van der Waals surface area contributed by atoms with Gasteiger partial charge in [-0.2, -0.15) is 5.10 Å². The molecule has 0 fully saturated rings. The number of nitrogens with zero attached hydrogens (tertiary/aromatic N) is 4. The molecule has 3 rings (SSSR count). The number of aryl methyl sites for hydroxylation is 3. The Morgan fingerprint density at radius 1 is 1.33 bits per heavy atom. The smallest absolute Gasteiger partial charge is 0.252 e. The number of carbonyl (C=O) groups excluding carboxylic acids is 1. The minimum atomic E-state index is -0.155. The molecule has 7 heteroatoms. The summed E-state index contributed by atoms with van der Waals surface area (Å²) in [6.07, 6.45) is 1.68. The summed E-state index contributed by atoms with van der Waals surface area (Å²) in [6.45, 7) is 4.13. The van der Waals surface area contributed by atoms with Gasteiger partial charge in [0.1, 0.15) is 0 Å². The van der Waals surface area contributed by atoms with E-state index in [1.54, 1.807) is 30.1 Å². The summed E-state index contributed by atoms with van der Waals surface area (Å²) in [6, 6.07) is 5.43. The van der Waals surface area contributed by atoms with Crippen molar-refractivity contribution in [3.05, 3.63) is 46.9 Å². The van der Waals surface area contributed by atoms with E-state index in [2.05, 4.69) is 20.4 Å². The van der Waals surface area contributed by atoms with Crippen molar-refractivity contribution in [1.82, 2.24) is 25.1 Å². The molecule has 0 spiro atoms. The third-order valence-corrected chi connectivity index (χ3v) is 3.80. The second-order valence-electron chi connectivity index (χ2n) is 5.61. The number of ether oxygens (including phenoxy) is 1. The maximum absolute atomic E-state index is 12.6. The predicted octanol–water partition coefficient (Wildman–Crippen LogP) is 1.92. The summed E-state index contributed by atoms with van der Waals surface area (Å²) in [4.78, 5) is 21.3. The van der Waals surface area contributed by atoms with Crippen molar-refractivity contribution in [2.24, 2.45) is 7.05 Å². The third-order valence-electron chi connectivity index (χ3n) is 3.80. The molecule has 0 aliphatic carbocycles. The zero-order valence-corrected chi connectivity index (χ0v) is 14.1. The molecule has 1 amide bonds. The number of hydrogen-bond donors (Lipinski definition) is 1. The van der Waals surface area contributed by atoms with Gasteiger partial charge in [0.05, 0.1) is 23.8 Å². The summed E-state index contributed by atoms with van der Waals surface area (Å²) in [5.74, 6) is 0.389. The Hall–Kier alpha value is -2.96. The first-order valence-electron chi connectivity index (χ1n) is 7.57. The molecule has 3 aromatic rings. The van der Waals surface area contributed by atoms with Crippen LogP contribution in [0.4, 0.5) is 0 Å². The lowest BCUT2D eigenvalue weighted by atomic mass is 10.1. The van der Waals surface area contributed by atoms with Gasteiger partial charge in [-0.05, 0) is 25.5 Å². The van der Waals surface area contributed by atoms with E-state index in [0.29, 0.717) is 23.6 Å². The zero-order valence-electron chi connectivity index (χ0n) is 14.1. The first-order chi connectivity index (χ1) is 11.5. The number of carbonyl (C=O) groups is 1. The lowest BCUT2D eigenvalue weighted by Crippen LogP contribution is -2.23. The van der Waals surface area contributed by atoms with E-state index in [1.165, 1.54) is 0 Å². The summed E-state index contributed by atoms with van der Waals surface area (Å²) in [5.41, 5.74) is 3.76. The van der Waals surface area contributed by atoms with Crippen molar-refractivity contribution in [2.75, 3.05) is 7.11 Å². The van der Waals surface area contributed by atoms with Gasteiger partial charge >= 0.3 is 0 Å². The number of pyridine rings is 2. The van der Waals surface area contributed by atoms with Gasteiger partial charge in [-0.3, -0.25) is 9.48 Å². The highest BCUT2D eigenvalue weighted by atomic mass is 16.5. The van der Waals surface area contributed by atoms with Crippen molar-refractivity contribution in [3.63, 3.8) is 0 Å². The number of amides is 1. The molecule has 24 heavy (non-hydrogen) atoms. The van der Waals surface area contributed by atoms with Crippen LogP contribution in [-0.4, -0.2) is 32.8 Å². The first kappa shape index (κ1) is 15.9. The molecule has 3 aromatic heterocycles. The second-order valence-corrected chi connectivity index (χ2v) is 5.61. The Bertz CT molecular complexity index is 899. The fourth-order valence-electron chi connectivity index (χ4n) is 2.66. The van der Waals surface area contributed by atoms with Crippen molar-refractivity contribution < 1.29 is 9.53 Å². The SMILES string of the molecule is COc1ccc(CNC(=O)c2cc(C)nc3c2c(C)nn3C)cn1. The highest BCUT2D eigenvalue weighted by Gasteiger charge is 2.17. The van der Waals surface area contributed by atoms with Crippen LogP contribution in [0, 0.1) is 13.8 Å². The Balaban J connectivity index is 1.85. The number of fused-ring (bicyclic) bond motifs is 1. The molecular weight excluding hydrogens is 306 g/mol. The zero-order chi connectivity index (χ0) is 17.3. The van der Waals surface area contributed by atoms with Crippen LogP contribution in [-0.2, 0) is 13.6 Å². The van der Waals surface area contributed by atoms with E-state index in [1.807, 2.05) is 27.0 Å². The molecule has 7 nitrogen and oxygen atoms in total. The van der Waals surface area contributed by atoms with Gasteiger partial charge in [0.2, 0.25) is 5.88 Å². The topological polar surface area (TPSA) is 81.9 Å².